The Morgan fingerprint density at radius 2 is 1.45 bits per heavy atom. The quantitative estimate of drug-likeness (QED) is 0.369. The lowest BCUT2D eigenvalue weighted by Crippen LogP contribution is -2.45. The highest BCUT2D eigenvalue weighted by molar-refractivity contribution is 7.88. The first-order valence-electron chi connectivity index (χ1n) is 12.8. The molecule has 0 aromatic heterocycles. The van der Waals surface area contributed by atoms with Crippen LogP contribution in [0.2, 0.25) is 0 Å². The van der Waals surface area contributed by atoms with E-state index in [1.165, 1.54) is 22.6 Å². The number of esters is 1. The van der Waals surface area contributed by atoms with E-state index in [0.717, 1.165) is 23.1 Å². The molecular formula is C30H34N2O5S. The largest absolute Gasteiger partial charge is 0.467 e. The highest BCUT2D eigenvalue weighted by Gasteiger charge is 2.46. The fourth-order valence-corrected chi connectivity index (χ4v) is 6.42. The summed E-state index contributed by atoms with van der Waals surface area (Å²) in [4.78, 5) is 28.5. The van der Waals surface area contributed by atoms with Crippen molar-refractivity contribution in [2.75, 3.05) is 26.5 Å². The van der Waals surface area contributed by atoms with Gasteiger partial charge < -0.3 is 9.64 Å². The molecule has 0 aliphatic carbocycles. The van der Waals surface area contributed by atoms with Gasteiger partial charge in [-0.2, -0.15) is 4.31 Å². The number of carbonyl (C=O) groups is 2. The predicted octanol–water partition coefficient (Wildman–Crippen LogP) is 3.86. The summed E-state index contributed by atoms with van der Waals surface area (Å²) >= 11 is 0. The van der Waals surface area contributed by atoms with Crippen molar-refractivity contribution in [3.05, 3.63) is 108 Å². The molecule has 0 saturated carbocycles. The van der Waals surface area contributed by atoms with Crippen molar-refractivity contribution >= 4 is 21.9 Å². The lowest BCUT2D eigenvalue weighted by molar-refractivity contribution is -0.151. The number of likely N-dealkylation sites (tertiary alicyclic amines) is 1. The van der Waals surface area contributed by atoms with E-state index in [4.69, 9.17) is 4.74 Å². The number of carbonyl (C=O) groups excluding carboxylic acids is 2. The summed E-state index contributed by atoms with van der Waals surface area (Å²) in [6, 6.07) is 27.3. The van der Waals surface area contributed by atoms with Crippen LogP contribution in [0.15, 0.2) is 91.0 Å². The Balaban J connectivity index is 1.61. The summed E-state index contributed by atoms with van der Waals surface area (Å²) in [6.07, 6.45) is 2.73. The van der Waals surface area contributed by atoms with Gasteiger partial charge in [0.2, 0.25) is 15.9 Å². The van der Waals surface area contributed by atoms with Crippen LogP contribution in [-0.2, 0) is 30.8 Å². The highest BCUT2D eigenvalue weighted by atomic mass is 32.2. The van der Waals surface area contributed by atoms with Crippen LogP contribution in [0.4, 0.5) is 0 Å². The maximum Gasteiger partial charge on any atom is 0.328 e. The van der Waals surface area contributed by atoms with Crippen LogP contribution in [0.3, 0.4) is 0 Å². The van der Waals surface area contributed by atoms with Gasteiger partial charge in [0, 0.05) is 19.1 Å². The molecular weight excluding hydrogens is 500 g/mol. The maximum atomic E-state index is 14.1. The third-order valence-electron chi connectivity index (χ3n) is 7.07. The Labute approximate surface area is 225 Å². The monoisotopic (exact) mass is 534 g/mol. The zero-order valence-electron chi connectivity index (χ0n) is 21.8. The van der Waals surface area contributed by atoms with Gasteiger partial charge in [0.15, 0.2) is 0 Å². The number of rotatable bonds is 10. The average Bonchev–Trinajstić information content (AvgIpc) is 3.37. The molecule has 7 nitrogen and oxygen atoms in total. The van der Waals surface area contributed by atoms with Gasteiger partial charge in [0.05, 0.1) is 19.3 Å². The number of methoxy groups -OCH3 is 1. The first kappa shape index (κ1) is 27.5. The fraction of sp³-hybridized carbons (Fsp3) is 0.333. The molecule has 0 bridgehead atoms. The van der Waals surface area contributed by atoms with Gasteiger partial charge in [-0.15, -0.1) is 0 Å². The molecule has 0 N–H and O–H groups in total. The molecule has 8 heteroatoms. The molecule has 38 heavy (non-hydrogen) atoms. The second-order valence-electron chi connectivity index (χ2n) is 9.64. The Morgan fingerprint density at radius 1 is 0.921 bits per heavy atom. The number of sulfonamides is 1. The predicted molar refractivity (Wildman–Crippen MR) is 147 cm³/mol. The molecule has 1 saturated heterocycles. The lowest BCUT2D eigenvalue weighted by atomic mass is 9.90. The van der Waals surface area contributed by atoms with Gasteiger partial charge in [-0.3, -0.25) is 4.79 Å². The van der Waals surface area contributed by atoms with E-state index in [-0.39, 0.29) is 18.9 Å². The summed E-state index contributed by atoms with van der Waals surface area (Å²) in [5.41, 5.74) is 2.74. The highest BCUT2D eigenvalue weighted by Crippen LogP contribution is 2.33. The average molecular weight is 535 g/mol. The Hall–Kier alpha value is -3.49. The topological polar surface area (TPSA) is 84.0 Å². The number of amides is 1. The van der Waals surface area contributed by atoms with Crippen molar-refractivity contribution in [1.82, 2.24) is 9.21 Å². The minimum absolute atomic E-state index is 0.118. The molecule has 4 rings (SSSR count). The van der Waals surface area contributed by atoms with Crippen molar-refractivity contribution in [3.63, 3.8) is 0 Å². The minimum atomic E-state index is -3.59. The number of hydrogen-bond acceptors (Lipinski definition) is 5. The normalized spacial score (nSPS) is 17.6. The van der Waals surface area contributed by atoms with Gasteiger partial charge in [-0.05, 0) is 36.0 Å². The van der Waals surface area contributed by atoms with Crippen molar-refractivity contribution in [2.45, 2.75) is 37.3 Å². The zero-order chi connectivity index (χ0) is 27.1. The number of ether oxygens (including phenoxy) is 1. The van der Waals surface area contributed by atoms with Crippen LogP contribution in [0.5, 0.6) is 0 Å². The summed E-state index contributed by atoms with van der Waals surface area (Å²) in [6.45, 7) is 0.419. The van der Waals surface area contributed by atoms with E-state index in [2.05, 4.69) is 0 Å². The third-order valence-corrected chi connectivity index (χ3v) is 8.40. The summed E-state index contributed by atoms with van der Waals surface area (Å²) in [5, 5.41) is 0. The molecule has 3 aromatic carbocycles. The summed E-state index contributed by atoms with van der Waals surface area (Å²) < 4.78 is 32.2. The zero-order valence-corrected chi connectivity index (χ0v) is 22.6. The van der Waals surface area contributed by atoms with Crippen molar-refractivity contribution in [1.29, 1.82) is 0 Å². The second kappa shape index (κ2) is 12.4. The molecule has 1 amide bonds. The van der Waals surface area contributed by atoms with E-state index in [9.17, 15) is 18.0 Å². The number of aryl methyl sites for hydroxylation is 1. The number of nitrogens with zero attached hydrogens (tertiary/aromatic N) is 2. The molecule has 200 valence electrons. The standard InChI is InChI=1S/C30H34N2O5S/c1-37-30(34)27-21-26(32(38(2,35)36)20-12-15-23-13-6-3-7-14-23)22-31(27)29(33)28(24-16-8-4-9-17-24)25-18-10-5-11-19-25/h3-11,13-14,16-19,26-28H,12,15,20-22H2,1-2H3/t26-,27-/m0/s1. The first-order valence-corrected chi connectivity index (χ1v) is 14.6. The number of hydrogen-bond donors (Lipinski definition) is 0. The van der Waals surface area contributed by atoms with Gasteiger partial charge in [-0.25, -0.2) is 13.2 Å². The van der Waals surface area contributed by atoms with E-state index < -0.39 is 34.0 Å². The van der Waals surface area contributed by atoms with Gasteiger partial charge >= 0.3 is 5.97 Å². The van der Waals surface area contributed by atoms with Crippen LogP contribution in [0, 0.1) is 0 Å². The SMILES string of the molecule is COC(=O)[C@@H]1C[C@H](N(CCCc2ccccc2)S(C)(=O)=O)CN1C(=O)C(c1ccccc1)c1ccccc1. The van der Waals surface area contributed by atoms with Crippen LogP contribution in [0.25, 0.3) is 0 Å². The second-order valence-corrected chi connectivity index (χ2v) is 11.6. The first-order chi connectivity index (χ1) is 18.3. The Morgan fingerprint density at radius 3 is 1.95 bits per heavy atom. The van der Waals surface area contributed by atoms with E-state index in [0.29, 0.717) is 13.0 Å². The molecule has 0 radical (unpaired) electrons. The molecule has 2 atom stereocenters. The lowest BCUT2D eigenvalue weighted by Gasteiger charge is -2.29. The van der Waals surface area contributed by atoms with Crippen molar-refractivity contribution < 1.29 is 22.7 Å². The van der Waals surface area contributed by atoms with Crippen LogP contribution in [0.1, 0.15) is 35.4 Å². The number of benzene rings is 3. The Bertz CT molecular complexity index is 1280. The molecule has 1 aliphatic heterocycles. The molecule has 1 heterocycles. The van der Waals surface area contributed by atoms with Gasteiger partial charge in [0.25, 0.3) is 0 Å². The van der Waals surface area contributed by atoms with E-state index in [1.807, 2.05) is 91.0 Å². The molecule has 1 aliphatic rings. The van der Waals surface area contributed by atoms with Gasteiger partial charge in [-0.1, -0.05) is 91.0 Å². The van der Waals surface area contributed by atoms with Gasteiger partial charge in [0.1, 0.15) is 6.04 Å². The molecule has 0 unspecified atom stereocenters. The van der Waals surface area contributed by atoms with Crippen LogP contribution in [-0.4, -0.2) is 68.0 Å². The smallest absolute Gasteiger partial charge is 0.328 e. The van der Waals surface area contributed by atoms with Crippen molar-refractivity contribution in [2.24, 2.45) is 0 Å². The molecule has 0 spiro atoms. The van der Waals surface area contributed by atoms with Crippen molar-refractivity contribution in [3.8, 4) is 0 Å². The maximum absolute atomic E-state index is 14.1. The molecule has 3 aromatic rings. The third kappa shape index (κ3) is 6.49. The van der Waals surface area contributed by atoms with Crippen LogP contribution >= 0.6 is 0 Å². The summed E-state index contributed by atoms with van der Waals surface area (Å²) in [5.74, 6) is -1.43. The van der Waals surface area contributed by atoms with E-state index >= 15 is 0 Å². The fourth-order valence-electron chi connectivity index (χ4n) is 5.26. The van der Waals surface area contributed by atoms with E-state index in [1.54, 1.807) is 0 Å². The summed E-state index contributed by atoms with van der Waals surface area (Å²) in [7, 11) is -2.30. The molecule has 1 fully saturated rings. The minimum Gasteiger partial charge on any atom is -0.467 e. The Kier molecular flexibility index (Phi) is 8.97. The van der Waals surface area contributed by atoms with Crippen LogP contribution < -0.4 is 0 Å².